The highest BCUT2D eigenvalue weighted by molar-refractivity contribution is 7.99. The first kappa shape index (κ1) is 21.6. The molecule has 2 aromatic heterocycles. The van der Waals surface area contributed by atoms with Gasteiger partial charge in [0.05, 0.1) is 24.2 Å². The van der Waals surface area contributed by atoms with Crippen molar-refractivity contribution in [1.29, 1.82) is 0 Å². The summed E-state index contributed by atoms with van der Waals surface area (Å²) in [5.41, 5.74) is 4.84. The van der Waals surface area contributed by atoms with Gasteiger partial charge >= 0.3 is 0 Å². The summed E-state index contributed by atoms with van der Waals surface area (Å²) in [6.07, 6.45) is 1.63. The van der Waals surface area contributed by atoms with Crippen molar-refractivity contribution in [3.05, 3.63) is 77.9 Å². The summed E-state index contributed by atoms with van der Waals surface area (Å²) in [6.45, 7) is 4.40. The van der Waals surface area contributed by atoms with Crippen LogP contribution in [0, 0.1) is 13.8 Å². The lowest BCUT2D eigenvalue weighted by Gasteiger charge is -2.08. The van der Waals surface area contributed by atoms with Gasteiger partial charge in [-0.25, -0.2) is 4.68 Å². The number of para-hydroxylation sites is 1. The van der Waals surface area contributed by atoms with Gasteiger partial charge in [-0.3, -0.25) is 9.36 Å². The highest BCUT2D eigenvalue weighted by Crippen LogP contribution is 2.22. The molecule has 0 saturated carbocycles. The van der Waals surface area contributed by atoms with Crippen LogP contribution in [0.3, 0.4) is 0 Å². The Morgan fingerprint density at radius 2 is 1.81 bits per heavy atom. The molecule has 32 heavy (non-hydrogen) atoms. The second kappa shape index (κ2) is 9.69. The molecule has 0 spiro atoms. The van der Waals surface area contributed by atoms with E-state index in [4.69, 9.17) is 4.74 Å². The molecule has 4 aromatic rings. The molecule has 0 fully saturated rings. The third-order valence-electron chi connectivity index (χ3n) is 5.10. The largest absolute Gasteiger partial charge is 0.497 e. The van der Waals surface area contributed by atoms with E-state index in [0.717, 1.165) is 34.1 Å². The van der Waals surface area contributed by atoms with Crippen molar-refractivity contribution < 1.29 is 9.53 Å². The Balaban J connectivity index is 1.37. The second-order valence-electron chi connectivity index (χ2n) is 7.14. The smallest absolute Gasteiger partial charge is 0.230 e. The zero-order chi connectivity index (χ0) is 22.5. The minimum absolute atomic E-state index is 0.0782. The molecule has 0 saturated heterocycles. The van der Waals surface area contributed by atoms with Crippen LogP contribution < -0.4 is 10.1 Å². The summed E-state index contributed by atoms with van der Waals surface area (Å²) in [5, 5.41) is 16.4. The lowest BCUT2D eigenvalue weighted by molar-refractivity contribution is -0.118. The van der Waals surface area contributed by atoms with E-state index in [-0.39, 0.29) is 11.7 Å². The first-order valence-corrected chi connectivity index (χ1v) is 11.1. The maximum absolute atomic E-state index is 12.5. The lowest BCUT2D eigenvalue weighted by atomic mass is 10.2. The van der Waals surface area contributed by atoms with Crippen molar-refractivity contribution in [1.82, 2.24) is 29.9 Å². The van der Waals surface area contributed by atoms with Gasteiger partial charge in [-0.05, 0) is 50.2 Å². The number of amides is 1. The number of nitrogens with one attached hydrogen (secondary N) is 1. The Labute approximate surface area is 190 Å². The monoisotopic (exact) mass is 448 g/mol. The molecule has 2 aromatic carbocycles. The predicted octanol–water partition coefficient (Wildman–Crippen LogP) is 3.49. The van der Waals surface area contributed by atoms with Crippen molar-refractivity contribution in [2.75, 3.05) is 12.9 Å². The Morgan fingerprint density at radius 3 is 2.53 bits per heavy atom. The summed E-state index contributed by atoms with van der Waals surface area (Å²) < 4.78 is 8.95. The van der Waals surface area contributed by atoms with Gasteiger partial charge in [0.15, 0.2) is 5.16 Å². The average Bonchev–Trinajstić information content (AvgIpc) is 3.41. The molecule has 0 aliphatic heterocycles. The van der Waals surface area contributed by atoms with Crippen LogP contribution in [0.4, 0.5) is 0 Å². The van der Waals surface area contributed by atoms with Gasteiger partial charge in [-0.15, -0.1) is 10.2 Å². The van der Waals surface area contributed by atoms with Gasteiger partial charge in [0, 0.05) is 23.5 Å². The van der Waals surface area contributed by atoms with Crippen LogP contribution in [0.15, 0.2) is 66.1 Å². The Kier molecular flexibility index (Phi) is 6.55. The van der Waals surface area contributed by atoms with E-state index < -0.39 is 0 Å². The molecule has 4 rings (SSSR count). The Bertz CT molecular complexity index is 1200. The van der Waals surface area contributed by atoms with Crippen molar-refractivity contribution in [2.45, 2.75) is 25.5 Å². The summed E-state index contributed by atoms with van der Waals surface area (Å²) in [7, 11) is 1.63. The van der Waals surface area contributed by atoms with E-state index >= 15 is 0 Å². The highest BCUT2D eigenvalue weighted by atomic mass is 32.2. The van der Waals surface area contributed by atoms with E-state index in [1.165, 1.54) is 11.8 Å². The molecule has 1 N–H and O–H groups in total. The molecule has 0 atom stereocenters. The molecule has 0 radical (unpaired) electrons. The molecular weight excluding hydrogens is 424 g/mol. The van der Waals surface area contributed by atoms with Crippen LogP contribution in [0.1, 0.15) is 17.0 Å². The fourth-order valence-electron chi connectivity index (χ4n) is 3.36. The van der Waals surface area contributed by atoms with Gasteiger partial charge in [0.2, 0.25) is 5.91 Å². The quantitative estimate of drug-likeness (QED) is 0.415. The topological polar surface area (TPSA) is 86.9 Å². The lowest BCUT2D eigenvalue weighted by Crippen LogP contribution is -2.25. The van der Waals surface area contributed by atoms with Gasteiger partial charge in [0.1, 0.15) is 12.1 Å². The Hall–Kier alpha value is -3.59. The van der Waals surface area contributed by atoms with Gasteiger partial charge in [-0.1, -0.05) is 30.0 Å². The first-order chi connectivity index (χ1) is 15.6. The fraction of sp³-hybridized carbons (Fsp3) is 0.217. The van der Waals surface area contributed by atoms with E-state index in [1.54, 1.807) is 13.4 Å². The van der Waals surface area contributed by atoms with Crippen molar-refractivity contribution in [2.24, 2.45) is 0 Å². The SMILES string of the molecule is COc1ccc(-n2cnnc2SCC(=O)NCc2c(C)nn(-c3ccccc3)c2C)cc1. The third-order valence-corrected chi connectivity index (χ3v) is 6.05. The molecule has 9 heteroatoms. The number of thioether (sulfide) groups is 1. The van der Waals surface area contributed by atoms with E-state index in [1.807, 2.05) is 77.7 Å². The van der Waals surface area contributed by atoms with Gasteiger partial charge in [0.25, 0.3) is 0 Å². The number of aromatic nitrogens is 5. The third kappa shape index (κ3) is 4.67. The molecule has 0 aliphatic carbocycles. The standard InChI is InChI=1S/C23H24N6O2S/c1-16-21(17(2)29(27-16)19-7-5-4-6-8-19)13-24-22(30)14-32-23-26-25-15-28(23)18-9-11-20(31-3)12-10-18/h4-12,15H,13-14H2,1-3H3,(H,24,30). The zero-order valence-corrected chi connectivity index (χ0v) is 19.0. The first-order valence-electron chi connectivity index (χ1n) is 10.1. The minimum Gasteiger partial charge on any atom is -0.497 e. The number of aryl methyl sites for hydroxylation is 1. The maximum atomic E-state index is 12.5. The van der Waals surface area contributed by atoms with Crippen LogP contribution in [0.25, 0.3) is 11.4 Å². The van der Waals surface area contributed by atoms with Crippen LogP contribution >= 0.6 is 11.8 Å². The Morgan fingerprint density at radius 1 is 1.06 bits per heavy atom. The van der Waals surface area contributed by atoms with Crippen molar-refractivity contribution >= 4 is 17.7 Å². The van der Waals surface area contributed by atoms with Crippen molar-refractivity contribution in [3.63, 3.8) is 0 Å². The van der Waals surface area contributed by atoms with E-state index in [0.29, 0.717) is 11.7 Å². The summed E-state index contributed by atoms with van der Waals surface area (Å²) in [5.74, 6) is 0.932. The molecule has 0 unspecified atom stereocenters. The average molecular weight is 449 g/mol. The van der Waals surface area contributed by atoms with E-state index in [2.05, 4.69) is 20.6 Å². The number of hydrogen-bond acceptors (Lipinski definition) is 6. The second-order valence-corrected chi connectivity index (χ2v) is 8.09. The normalized spacial score (nSPS) is 10.8. The fourth-order valence-corrected chi connectivity index (χ4v) is 4.12. The summed E-state index contributed by atoms with van der Waals surface area (Å²) in [4.78, 5) is 12.5. The highest BCUT2D eigenvalue weighted by Gasteiger charge is 2.15. The molecule has 2 heterocycles. The zero-order valence-electron chi connectivity index (χ0n) is 18.1. The molecule has 1 amide bonds. The van der Waals surface area contributed by atoms with Crippen LogP contribution in [-0.4, -0.2) is 43.3 Å². The number of methoxy groups -OCH3 is 1. The van der Waals surface area contributed by atoms with Gasteiger partial charge in [-0.2, -0.15) is 5.10 Å². The molecule has 8 nitrogen and oxygen atoms in total. The van der Waals surface area contributed by atoms with Crippen LogP contribution in [0.2, 0.25) is 0 Å². The molecule has 0 aliphatic rings. The number of carbonyl (C=O) groups is 1. The van der Waals surface area contributed by atoms with Crippen LogP contribution in [0.5, 0.6) is 5.75 Å². The predicted molar refractivity (Wildman–Crippen MR) is 124 cm³/mol. The molecule has 0 bridgehead atoms. The van der Waals surface area contributed by atoms with Crippen molar-refractivity contribution in [3.8, 4) is 17.1 Å². The number of ether oxygens (including phenoxy) is 1. The molecule has 164 valence electrons. The maximum Gasteiger partial charge on any atom is 0.230 e. The van der Waals surface area contributed by atoms with Gasteiger partial charge < -0.3 is 10.1 Å². The van der Waals surface area contributed by atoms with Crippen LogP contribution in [-0.2, 0) is 11.3 Å². The summed E-state index contributed by atoms with van der Waals surface area (Å²) >= 11 is 1.34. The summed E-state index contributed by atoms with van der Waals surface area (Å²) in [6, 6.07) is 17.5. The number of hydrogen-bond donors (Lipinski definition) is 1. The number of carbonyl (C=O) groups excluding carboxylic acids is 1. The molecular formula is C23H24N6O2S. The van der Waals surface area contributed by atoms with E-state index in [9.17, 15) is 4.79 Å². The minimum atomic E-state index is -0.0782. The number of nitrogens with zero attached hydrogens (tertiary/aromatic N) is 5. The number of benzene rings is 2. The number of rotatable bonds is 8.